The highest BCUT2D eigenvalue weighted by Gasteiger charge is 2.42. The van der Waals surface area contributed by atoms with E-state index < -0.39 is 38.5 Å². The standard InChI is InChI=1S/C16H31N3O3.C11H23N3O.C11H19NO3.C11H19NO2.C9H18O3.C6H13N.C6H11N.2C4H8O.CHCl3.ClH/c1-16(2,3)22-15(21)19-7-5-13(14(20)6-8-19)18-11-9-17(4)10-12-18;1-13-6-8-14(9-7-13)10-2-4-12-5-3-11(10)15;1-11(2,3)15-10(13)12-6-4-8-9(14-8)5-7-12;1-11(2,3)14-10(13)12-8-6-4-5-7-9-12;1-8(2,3)11-7(10)12-9(4,5)6;1-7-5-3-2-4-6-7;1-2-4-6-7-5-3-1;2*1-2-4-5-3-1;2-1(3)4;/h13-14,20H,5-12H2,1-4H3;10-12,15H,2-9H2,1H3;8-9H,4-7H2,1-3H3;4-5H,6-9H2,1-3H3;1-6H3;2-6H2,1H3;1-2,7H,3-6H2;2*1-4H2;1H;1H/t13-,14-;10-,11-;;;;;;;;;/m00........./s1. The van der Waals surface area contributed by atoms with Gasteiger partial charge in [0, 0.05) is 130 Å². The van der Waals surface area contributed by atoms with Gasteiger partial charge in [-0.15, -0.1) is 12.4 Å². The zero-order valence-electron chi connectivity index (χ0n) is 69.8. The van der Waals surface area contributed by atoms with E-state index in [0.29, 0.717) is 37.8 Å². The normalized spacial score (nSPS) is 24.8. The van der Waals surface area contributed by atoms with Gasteiger partial charge in [-0.1, -0.05) is 65.5 Å². The summed E-state index contributed by atoms with van der Waals surface area (Å²) in [5.41, 5.74) is -2.23. The molecule has 24 nitrogen and oxygen atoms in total. The van der Waals surface area contributed by atoms with Gasteiger partial charge in [0.2, 0.25) is 0 Å². The Morgan fingerprint density at radius 3 is 1.04 bits per heavy atom. The molecule has 0 bridgehead atoms. The zero-order chi connectivity index (χ0) is 79.4. The van der Waals surface area contributed by atoms with Gasteiger partial charge in [0.15, 0.2) is 4.30 Å². The number of hydrogen-bond donors (Lipinski definition) is 4. The number of fused-ring (bicyclic) bond motifs is 1. The van der Waals surface area contributed by atoms with Crippen molar-refractivity contribution < 1.29 is 67.3 Å². The molecule has 9 fully saturated rings. The van der Waals surface area contributed by atoms with Gasteiger partial charge >= 0.3 is 24.4 Å². The molecule has 28 heteroatoms. The third-order valence-electron chi connectivity index (χ3n) is 18.0. The predicted molar refractivity (Wildman–Crippen MR) is 437 cm³/mol. The number of hydrogen-bond acceptors (Lipinski definition) is 21. The fourth-order valence-corrected chi connectivity index (χ4v) is 12.3. The number of nitrogens with zero attached hydrogens (tertiary/aromatic N) is 8. The van der Waals surface area contributed by atoms with Gasteiger partial charge in [0.1, 0.15) is 28.0 Å². The van der Waals surface area contributed by atoms with Crippen LogP contribution in [0, 0.1) is 0 Å². The smallest absolute Gasteiger partial charge is 0.444 e. The Kier molecular flexibility index (Phi) is 53.2. The molecule has 0 spiro atoms. The number of aliphatic hydroxyl groups is 2. The molecule has 0 aromatic heterocycles. The van der Waals surface area contributed by atoms with Crippen molar-refractivity contribution in [1.82, 2.24) is 49.8 Å². The number of carbonyl (C=O) groups excluding carboxylic acids is 4. The van der Waals surface area contributed by atoms with Crippen molar-refractivity contribution in [3.8, 4) is 0 Å². The lowest BCUT2D eigenvalue weighted by molar-refractivity contribution is -0.0469. The van der Waals surface area contributed by atoms with Crippen molar-refractivity contribution in [2.24, 2.45) is 0 Å². The highest BCUT2D eigenvalue weighted by atomic mass is 35.6. The minimum atomic E-state index is -0.750. The van der Waals surface area contributed by atoms with Gasteiger partial charge in [0.05, 0.1) is 24.4 Å². The Bertz CT molecular complexity index is 2290. The predicted octanol–water partition coefficient (Wildman–Crippen LogP) is 13.5. The van der Waals surface area contributed by atoms with E-state index in [1.165, 1.54) is 70.9 Å². The van der Waals surface area contributed by atoms with Crippen LogP contribution in [0.3, 0.4) is 0 Å². The van der Waals surface area contributed by atoms with Crippen molar-refractivity contribution in [2.45, 2.75) is 282 Å². The first-order chi connectivity index (χ1) is 49.7. The molecule has 0 aliphatic carbocycles. The van der Waals surface area contributed by atoms with E-state index in [-0.39, 0.29) is 48.9 Å². The van der Waals surface area contributed by atoms with Crippen molar-refractivity contribution in [3.05, 3.63) is 24.3 Å². The van der Waals surface area contributed by atoms with E-state index in [2.05, 4.69) is 80.6 Å². The van der Waals surface area contributed by atoms with Crippen molar-refractivity contribution in [3.63, 3.8) is 0 Å². The average molecular weight is 1610 g/mol. The van der Waals surface area contributed by atoms with Crippen molar-refractivity contribution in [2.75, 3.05) is 178 Å². The number of carbonyl (C=O) groups is 4. The quantitative estimate of drug-likeness (QED) is 0.0661. The fraction of sp³-hybridized carbons (Fsp3) is 0.899. The fourth-order valence-electron chi connectivity index (χ4n) is 12.3. The van der Waals surface area contributed by atoms with Crippen LogP contribution in [-0.2, 0) is 37.9 Å². The van der Waals surface area contributed by atoms with Crippen LogP contribution in [0.4, 0.5) is 19.2 Å². The van der Waals surface area contributed by atoms with Gasteiger partial charge in [-0.3, -0.25) is 9.80 Å². The Morgan fingerprint density at radius 2 is 0.692 bits per heavy atom. The van der Waals surface area contributed by atoms with Crippen LogP contribution in [0.1, 0.15) is 213 Å². The molecule has 4 N–H and O–H groups in total. The largest absolute Gasteiger partial charge is 0.509 e. The van der Waals surface area contributed by atoms with E-state index in [4.69, 9.17) is 72.7 Å². The second kappa shape index (κ2) is 55.7. The summed E-state index contributed by atoms with van der Waals surface area (Å²) >= 11 is 14.4. The summed E-state index contributed by atoms with van der Waals surface area (Å²) in [6.07, 6.45) is 26.7. The number of piperidine rings is 1. The Labute approximate surface area is 669 Å². The number of nitrogens with one attached hydrogen (secondary N) is 2. The maximum Gasteiger partial charge on any atom is 0.509 e. The molecule has 9 saturated heterocycles. The molecule has 2 unspecified atom stereocenters. The van der Waals surface area contributed by atoms with Crippen LogP contribution in [0.5, 0.6) is 0 Å². The van der Waals surface area contributed by atoms with Crippen LogP contribution in [-0.4, -0.2) is 321 Å². The Balaban J connectivity index is 0.000000616. The third-order valence-corrected chi connectivity index (χ3v) is 18.0. The number of halogens is 4. The molecule has 11 aliphatic rings. The summed E-state index contributed by atoms with van der Waals surface area (Å²) < 4.78 is 40.5. The van der Waals surface area contributed by atoms with E-state index in [0.717, 1.165) is 176 Å². The number of piperazine rings is 2. The summed E-state index contributed by atoms with van der Waals surface area (Å²) in [4.78, 5) is 63.8. The van der Waals surface area contributed by atoms with E-state index in [9.17, 15) is 29.4 Å². The van der Waals surface area contributed by atoms with Gasteiger partial charge in [-0.25, -0.2) is 19.2 Å². The maximum absolute atomic E-state index is 12.2. The molecule has 11 heterocycles. The minimum absolute atomic E-state index is 0. The van der Waals surface area contributed by atoms with Gasteiger partial charge in [-0.2, -0.15) is 0 Å². The van der Waals surface area contributed by atoms with Crippen LogP contribution >= 0.6 is 47.2 Å². The molecular weight excluding hydrogens is 1450 g/mol. The lowest BCUT2D eigenvalue weighted by atomic mass is 10.0. The Hall–Kier alpha value is -2.76. The highest BCUT2D eigenvalue weighted by Crippen LogP contribution is 2.32. The molecule has 0 aromatic rings. The molecule has 0 saturated carbocycles. The number of rotatable bonds is 2. The lowest BCUT2D eigenvalue weighted by Gasteiger charge is -2.39. The molecular formula is C79H152Cl4N10O14. The summed E-state index contributed by atoms with van der Waals surface area (Å²) in [5, 5.41) is 27.2. The monoisotopic (exact) mass is 1610 g/mol. The van der Waals surface area contributed by atoms with Crippen LogP contribution < -0.4 is 10.6 Å². The van der Waals surface area contributed by atoms with Gasteiger partial charge < -0.3 is 88.1 Å². The van der Waals surface area contributed by atoms with E-state index in [1.54, 1.807) is 56.2 Å². The van der Waals surface area contributed by atoms with Crippen molar-refractivity contribution in [1.29, 1.82) is 0 Å². The number of likely N-dealkylation sites (tertiary alicyclic amines) is 3. The van der Waals surface area contributed by atoms with Crippen LogP contribution in [0.25, 0.3) is 0 Å². The maximum atomic E-state index is 12.2. The lowest BCUT2D eigenvalue weighted by Crippen LogP contribution is -2.52. The van der Waals surface area contributed by atoms with Gasteiger partial charge in [-0.05, 0) is 267 Å². The second-order valence-electron chi connectivity index (χ2n) is 33.8. The van der Waals surface area contributed by atoms with E-state index >= 15 is 0 Å². The number of ether oxygens (including phenoxy) is 8. The number of likely N-dealkylation sites (N-methyl/N-ethyl adjacent to an activating group) is 2. The first kappa shape index (κ1) is 102. The van der Waals surface area contributed by atoms with Crippen molar-refractivity contribution >= 4 is 71.6 Å². The number of epoxide rings is 1. The molecule has 11 aliphatic heterocycles. The van der Waals surface area contributed by atoms with Crippen LogP contribution in [0.15, 0.2) is 24.3 Å². The topological polar surface area (TPSA) is 236 Å². The first-order valence-electron chi connectivity index (χ1n) is 39.9. The highest BCUT2D eigenvalue weighted by molar-refractivity contribution is 6.63. The Morgan fingerprint density at radius 1 is 0.383 bits per heavy atom. The summed E-state index contributed by atoms with van der Waals surface area (Å²) in [5.74, 6) is 0. The van der Waals surface area contributed by atoms with Gasteiger partial charge in [0.25, 0.3) is 0 Å². The van der Waals surface area contributed by atoms with E-state index in [1.807, 2.05) is 62.3 Å². The zero-order valence-corrected chi connectivity index (χ0v) is 72.8. The molecule has 630 valence electrons. The molecule has 3 amide bonds. The molecule has 11 rings (SSSR count). The number of amides is 3. The second-order valence-corrected chi connectivity index (χ2v) is 35.8. The SMILES string of the molecule is C1=CCCNCC1.C1CCOC1.C1CCOC1.CC(C)(C)OC(=O)N1CCC2OC2CC1.CC(C)(C)OC(=O)N1CCC=CCC1.CC(C)(C)OC(=O)OC(C)(C)C.CN1CCCCC1.CN1CCN([C@H]2CCN(C(=O)OC(C)(C)C)CC[C@@H]2O)CC1.CN1CCN([C@H]2CCNCC[C@@H]2O)CC1.Cl.ClC(Cl)Cl. The summed E-state index contributed by atoms with van der Waals surface area (Å²) in [6, 6.07) is 0.537. The third kappa shape index (κ3) is 55.4. The molecule has 0 radical (unpaired) electrons. The molecule has 0 aromatic carbocycles. The average Bonchev–Trinajstić information content (AvgIpc) is 1.69. The minimum Gasteiger partial charge on any atom is -0.444 e. The first-order valence-corrected chi connectivity index (χ1v) is 41.2. The summed E-state index contributed by atoms with van der Waals surface area (Å²) in [7, 11) is 6.49. The summed E-state index contributed by atoms with van der Waals surface area (Å²) in [6.45, 7) is 51.6. The van der Waals surface area contributed by atoms with Crippen LogP contribution in [0.2, 0.25) is 0 Å². The molecule has 6 atom stereocenters. The number of alkyl halides is 3. The number of aliphatic hydroxyl groups excluding tert-OH is 2. The molecule has 107 heavy (non-hydrogen) atoms.